The average molecular weight is 533 g/mol. The van der Waals surface area contributed by atoms with Crippen LogP contribution in [-0.2, 0) is 0 Å². The predicted molar refractivity (Wildman–Crippen MR) is 177 cm³/mol. The van der Waals surface area contributed by atoms with E-state index in [0.29, 0.717) is 0 Å². The molecule has 3 heterocycles. The van der Waals surface area contributed by atoms with Crippen molar-refractivity contribution in [3.8, 4) is 5.69 Å². The summed E-state index contributed by atoms with van der Waals surface area (Å²) >= 11 is 0. The molecule has 0 amide bonds. The van der Waals surface area contributed by atoms with Crippen LogP contribution in [0.2, 0.25) is 13.1 Å². The molecular weight excluding hydrogens is 499 g/mol. The summed E-state index contributed by atoms with van der Waals surface area (Å²) in [5.74, 6) is 0. The maximum atomic E-state index is 2.74. The second-order valence-electron chi connectivity index (χ2n) is 12.5. The van der Waals surface area contributed by atoms with E-state index in [4.69, 9.17) is 0 Å². The van der Waals surface area contributed by atoms with Gasteiger partial charge in [0, 0.05) is 27.8 Å². The molecule has 2 aliphatic heterocycles. The Morgan fingerprint density at radius 1 is 0.600 bits per heavy atom. The van der Waals surface area contributed by atoms with Gasteiger partial charge in [-0.2, -0.15) is 0 Å². The van der Waals surface area contributed by atoms with Crippen LogP contribution in [0.1, 0.15) is 22.3 Å². The lowest BCUT2D eigenvalue weighted by Crippen LogP contribution is -2.67. The van der Waals surface area contributed by atoms with Gasteiger partial charge >= 0.3 is 6.85 Å². The first-order chi connectivity index (χ1) is 19.3. The average Bonchev–Trinajstić information content (AvgIpc) is 3.26. The molecule has 0 unspecified atom stereocenters. The van der Waals surface area contributed by atoms with Gasteiger partial charge in [-0.1, -0.05) is 103 Å². The number of fused-ring (bicyclic) bond motifs is 7. The highest BCUT2D eigenvalue weighted by Gasteiger charge is 2.46. The van der Waals surface area contributed by atoms with Gasteiger partial charge < -0.3 is 9.38 Å². The number of benzene rings is 5. The zero-order valence-corrected chi connectivity index (χ0v) is 25.1. The van der Waals surface area contributed by atoms with E-state index < -0.39 is 8.07 Å². The topological polar surface area (TPSA) is 8.17 Å². The van der Waals surface area contributed by atoms with Crippen molar-refractivity contribution < 1.29 is 0 Å². The van der Waals surface area contributed by atoms with Crippen LogP contribution in [-0.4, -0.2) is 19.5 Å². The summed E-state index contributed by atoms with van der Waals surface area (Å²) in [7, 11) is -1.96. The third kappa shape index (κ3) is 2.95. The summed E-state index contributed by atoms with van der Waals surface area (Å²) in [5, 5.41) is 5.76. The van der Waals surface area contributed by atoms with Crippen LogP contribution in [0.15, 0.2) is 91.0 Å². The van der Waals surface area contributed by atoms with Crippen molar-refractivity contribution in [1.29, 1.82) is 0 Å². The predicted octanol–water partition coefficient (Wildman–Crippen LogP) is 6.41. The van der Waals surface area contributed by atoms with Crippen LogP contribution in [0.4, 0.5) is 11.4 Å². The van der Waals surface area contributed by atoms with E-state index in [1.807, 2.05) is 0 Å². The number of nitrogens with zero attached hydrogens (tertiary/aromatic N) is 2. The number of aromatic nitrogens is 1. The first-order valence-electron chi connectivity index (χ1n) is 14.4. The van der Waals surface area contributed by atoms with E-state index in [9.17, 15) is 0 Å². The minimum absolute atomic E-state index is 0.0714. The Morgan fingerprint density at radius 3 is 1.88 bits per heavy atom. The third-order valence-electron chi connectivity index (χ3n) is 9.47. The van der Waals surface area contributed by atoms with Crippen LogP contribution in [0.3, 0.4) is 0 Å². The van der Waals surface area contributed by atoms with E-state index in [1.165, 1.54) is 72.0 Å². The number of hydrogen-bond donors (Lipinski definition) is 0. The number of aryl methyl sites for hydroxylation is 4. The Labute approximate surface area is 238 Å². The second kappa shape index (κ2) is 8.02. The van der Waals surface area contributed by atoms with E-state index in [-0.39, 0.29) is 6.85 Å². The zero-order valence-electron chi connectivity index (χ0n) is 24.1. The Bertz CT molecular complexity index is 1990. The Hall–Kier alpha value is -4.02. The molecule has 0 spiro atoms. The molecule has 1 aromatic heterocycles. The quantitative estimate of drug-likeness (QED) is 0.222. The van der Waals surface area contributed by atoms with Crippen LogP contribution in [0.5, 0.6) is 0 Å². The van der Waals surface area contributed by atoms with Crippen molar-refractivity contribution >= 4 is 69.4 Å². The second-order valence-corrected chi connectivity index (χ2v) is 16.8. The molecule has 40 heavy (non-hydrogen) atoms. The SMILES string of the molecule is Cc1cc(C)c2c(c1)[Si](C)(C)c1cc(C)cc(C)c1N2B1c2ccccc2-n2c3ccccc3c3cccc1c32. The molecular formula is C36H33BN2Si. The van der Waals surface area contributed by atoms with Crippen molar-refractivity contribution in [3.63, 3.8) is 0 Å². The maximum Gasteiger partial charge on any atom is 0.332 e. The first-order valence-corrected chi connectivity index (χ1v) is 17.4. The van der Waals surface area contributed by atoms with Gasteiger partial charge in [0.25, 0.3) is 0 Å². The van der Waals surface area contributed by atoms with Gasteiger partial charge in [0.1, 0.15) is 8.07 Å². The highest BCUT2D eigenvalue weighted by atomic mass is 28.3. The van der Waals surface area contributed by atoms with E-state index in [2.05, 4.69) is 141 Å². The minimum Gasteiger partial charge on any atom is -0.377 e. The molecule has 0 bridgehead atoms. The van der Waals surface area contributed by atoms with Crippen molar-refractivity contribution in [3.05, 3.63) is 113 Å². The summed E-state index contributed by atoms with van der Waals surface area (Å²) in [5.41, 5.74) is 15.0. The molecule has 0 saturated carbocycles. The van der Waals surface area contributed by atoms with Crippen LogP contribution in [0, 0.1) is 27.7 Å². The summed E-state index contributed by atoms with van der Waals surface area (Å²) in [6.07, 6.45) is 0. The number of hydrogen-bond acceptors (Lipinski definition) is 1. The molecule has 0 radical (unpaired) electrons. The summed E-state index contributed by atoms with van der Waals surface area (Å²) in [4.78, 5) is 2.74. The molecule has 0 aliphatic carbocycles. The van der Waals surface area contributed by atoms with Crippen molar-refractivity contribution in [1.82, 2.24) is 4.57 Å². The van der Waals surface area contributed by atoms with Crippen LogP contribution in [0.25, 0.3) is 27.5 Å². The van der Waals surface area contributed by atoms with Crippen molar-refractivity contribution in [2.75, 3.05) is 4.81 Å². The number of rotatable bonds is 1. The molecule has 194 valence electrons. The van der Waals surface area contributed by atoms with Crippen molar-refractivity contribution in [2.45, 2.75) is 40.8 Å². The minimum atomic E-state index is -1.96. The van der Waals surface area contributed by atoms with E-state index in [1.54, 1.807) is 10.4 Å². The monoisotopic (exact) mass is 532 g/mol. The zero-order chi connectivity index (χ0) is 27.5. The molecule has 2 aliphatic rings. The molecule has 4 heteroatoms. The van der Waals surface area contributed by atoms with Gasteiger partial charge in [-0.15, -0.1) is 0 Å². The van der Waals surface area contributed by atoms with Crippen molar-refractivity contribution in [2.24, 2.45) is 0 Å². The fourth-order valence-corrected chi connectivity index (χ4v) is 11.2. The van der Waals surface area contributed by atoms with E-state index in [0.717, 1.165) is 0 Å². The molecule has 6 aromatic rings. The Balaban J connectivity index is 1.56. The lowest BCUT2D eigenvalue weighted by molar-refractivity contribution is 1.18. The fourth-order valence-electron chi connectivity index (χ4n) is 7.91. The highest BCUT2D eigenvalue weighted by molar-refractivity contribution is 7.04. The van der Waals surface area contributed by atoms with Crippen LogP contribution >= 0.6 is 0 Å². The Kier molecular flexibility index (Phi) is 4.78. The van der Waals surface area contributed by atoms with E-state index >= 15 is 0 Å². The highest BCUT2D eigenvalue weighted by Crippen LogP contribution is 2.40. The molecule has 0 saturated heterocycles. The summed E-state index contributed by atoms with van der Waals surface area (Å²) in [6, 6.07) is 34.7. The number of anilines is 2. The first kappa shape index (κ1) is 23.8. The Morgan fingerprint density at radius 2 is 1.18 bits per heavy atom. The molecule has 8 rings (SSSR count). The fraction of sp³-hybridized carbons (Fsp3) is 0.167. The van der Waals surface area contributed by atoms with Gasteiger partial charge in [0.15, 0.2) is 0 Å². The standard InChI is InChI=1S/C36H33BN2Si/c1-22-18-24(3)34-32(20-22)40(5,6)33-21-23(2)19-25(4)35(33)39(34)37-28-14-8-10-17-31(28)38-30-16-9-7-12-26(30)27-13-11-15-29(37)36(27)38/h7-21H,1-6H3. The molecule has 0 N–H and O–H groups in total. The van der Waals surface area contributed by atoms with Gasteiger partial charge in [0.2, 0.25) is 0 Å². The molecule has 5 aromatic carbocycles. The summed E-state index contributed by atoms with van der Waals surface area (Å²) in [6.45, 7) is 14.3. The largest absolute Gasteiger partial charge is 0.377 e. The molecule has 2 nitrogen and oxygen atoms in total. The lowest BCUT2D eigenvalue weighted by Gasteiger charge is -2.47. The third-order valence-corrected chi connectivity index (χ3v) is 12.9. The smallest absolute Gasteiger partial charge is 0.332 e. The number of para-hydroxylation sites is 3. The van der Waals surface area contributed by atoms with Gasteiger partial charge in [-0.25, -0.2) is 0 Å². The lowest BCUT2D eigenvalue weighted by atomic mass is 9.46. The van der Waals surface area contributed by atoms with Gasteiger partial charge in [0.05, 0.1) is 11.0 Å². The maximum absolute atomic E-state index is 2.74. The molecule has 0 atom stereocenters. The summed E-state index contributed by atoms with van der Waals surface area (Å²) < 4.78 is 2.51. The van der Waals surface area contributed by atoms with Gasteiger partial charge in [-0.05, 0) is 72.3 Å². The van der Waals surface area contributed by atoms with Crippen LogP contribution < -0.4 is 26.1 Å². The normalized spacial score (nSPS) is 14.8. The molecule has 0 fully saturated rings. The van der Waals surface area contributed by atoms with Gasteiger partial charge in [-0.3, -0.25) is 0 Å².